The number of hydrogen-bond donors (Lipinski definition) is 2. The Morgan fingerprint density at radius 1 is 0.696 bits per heavy atom. The summed E-state index contributed by atoms with van der Waals surface area (Å²) in [4.78, 5) is 0. The molecule has 3 rings (SSSR count). The highest BCUT2D eigenvalue weighted by Crippen LogP contribution is 2.27. The van der Waals surface area contributed by atoms with Crippen LogP contribution < -0.4 is 0 Å². The van der Waals surface area contributed by atoms with Gasteiger partial charge in [0.25, 0.3) is 0 Å². The van der Waals surface area contributed by atoms with Gasteiger partial charge >= 0.3 is 0 Å². The van der Waals surface area contributed by atoms with E-state index in [1.54, 1.807) is 6.07 Å². The number of benzene rings is 3. The van der Waals surface area contributed by atoms with E-state index in [0.717, 1.165) is 16.7 Å². The smallest absolute Gasteiger partial charge is 0.144 e. The number of aromatic hydroxyl groups is 1. The van der Waals surface area contributed by atoms with Gasteiger partial charge in [0.15, 0.2) is 0 Å². The van der Waals surface area contributed by atoms with Crippen LogP contribution in [-0.2, 0) is 11.3 Å². The van der Waals surface area contributed by atoms with E-state index in [9.17, 15) is 5.11 Å². The van der Waals surface area contributed by atoms with Crippen LogP contribution in [0.15, 0.2) is 84.9 Å². The zero-order chi connectivity index (χ0) is 16.3. The lowest BCUT2D eigenvalue weighted by Crippen LogP contribution is -1.92. The topological polar surface area (TPSA) is 49.7 Å². The molecule has 0 atom stereocenters. The van der Waals surface area contributed by atoms with Crippen molar-refractivity contribution in [2.24, 2.45) is 0 Å². The Kier molecular flexibility index (Phi) is 6.85. The van der Waals surface area contributed by atoms with Crippen molar-refractivity contribution < 1.29 is 14.9 Å². The molecule has 0 aliphatic heterocycles. The summed E-state index contributed by atoms with van der Waals surface area (Å²) in [7, 11) is 0. The number of aliphatic hydroxyl groups is 1. The van der Waals surface area contributed by atoms with Gasteiger partial charge in [-0.3, -0.25) is 0 Å². The van der Waals surface area contributed by atoms with E-state index in [1.807, 2.05) is 78.9 Å². The van der Waals surface area contributed by atoms with Crippen molar-refractivity contribution in [3.63, 3.8) is 0 Å². The summed E-state index contributed by atoms with van der Waals surface area (Å²) in [6, 6.07) is 26.9. The van der Waals surface area contributed by atoms with Crippen molar-refractivity contribution in [3.8, 4) is 16.9 Å². The number of phenols is 1. The maximum Gasteiger partial charge on any atom is 0.144 e. The molecule has 0 saturated heterocycles. The number of para-hydroxylation sites is 1. The molecule has 0 radical (unpaired) electrons. The van der Waals surface area contributed by atoms with Crippen LogP contribution in [0.5, 0.6) is 5.75 Å². The van der Waals surface area contributed by atoms with Crippen molar-refractivity contribution in [3.05, 3.63) is 90.5 Å². The molecule has 0 unspecified atom stereocenters. The number of hydrogen-bond acceptors (Lipinski definition) is 3. The van der Waals surface area contributed by atoms with Crippen LogP contribution in [-0.4, -0.2) is 17.0 Å². The summed E-state index contributed by atoms with van der Waals surface area (Å²) < 4.78 is 4.78. The third kappa shape index (κ3) is 5.58. The Morgan fingerprint density at radius 3 is 1.87 bits per heavy atom. The molecule has 118 valence electrons. The van der Waals surface area contributed by atoms with Gasteiger partial charge in [-0.2, -0.15) is 0 Å². The van der Waals surface area contributed by atoms with Gasteiger partial charge in [0.05, 0.1) is 6.61 Å². The van der Waals surface area contributed by atoms with E-state index in [2.05, 4.69) is 0 Å². The van der Waals surface area contributed by atoms with E-state index >= 15 is 0 Å². The highest BCUT2D eigenvalue weighted by atomic mass is 16.6. The van der Waals surface area contributed by atoms with E-state index < -0.39 is 0 Å². The van der Waals surface area contributed by atoms with Gasteiger partial charge in [-0.1, -0.05) is 78.9 Å². The first-order valence-electron chi connectivity index (χ1n) is 7.37. The van der Waals surface area contributed by atoms with Crippen LogP contribution in [0, 0.1) is 0 Å². The predicted molar refractivity (Wildman–Crippen MR) is 91.9 cm³/mol. The van der Waals surface area contributed by atoms with Gasteiger partial charge in [0.1, 0.15) is 12.5 Å². The molecule has 0 aliphatic carbocycles. The molecule has 3 aromatic carbocycles. The maximum absolute atomic E-state index is 9.56. The second kappa shape index (κ2) is 9.41. The molecule has 23 heavy (non-hydrogen) atoms. The second-order valence-electron chi connectivity index (χ2n) is 4.85. The average molecular weight is 308 g/mol. The van der Waals surface area contributed by atoms with Crippen molar-refractivity contribution in [1.29, 1.82) is 0 Å². The zero-order valence-corrected chi connectivity index (χ0v) is 12.8. The number of aliphatic hydroxyl groups excluding tert-OH is 1. The minimum atomic E-state index is -0.213. The predicted octanol–water partition coefficient (Wildman–Crippen LogP) is 4.21. The van der Waals surface area contributed by atoms with Crippen LogP contribution in [0.3, 0.4) is 0 Å². The Labute approximate surface area is 136 Å². The number of rotatable bonds is 4. The van der Waals surface area contributed by atoms with Gasteiger partial charge in [-0.15, -0.1) is 0 Å². The third-order valence-corrected chi connectivity index (χ3v) is 3.19. The SMILES string of the molecule is OCOCc1ccccc1.Oc1ccccc1-c1ccccc1. The summed E-state index contributed by atoms with van der Waals surface area (Å²) in [5.74, 6) is 0.328. The minimum absolute atomic E-state index is 0.213. The number of phenolic OH excluding ortho intramolecular Hbond substituents is 1. The Hall–Kier alpha value is -2.62. The molecule has 0 amide bonds. The van der Waals surface area contributed by atoms with Gasteiger partial charge in [-0.05, 0) is 17.2 Å². The molecule has 0 saturated carbocycles. The molecule has 0 bridgehead atoms. The lowest BCUT2D eigenvalue weighted by Gasteiger charge is -2.02. The first-order valence-corrected chi connectivity index (χ1v) is 7.37. The van der Waals surface area contributed by atoms with Crippen LogP contribution in [0.25, 0.3) is 11.1 Å². The van der Waals surface area contributed by atoms with Gasteiger partial charge in [0.2, 0.25) is 0 Å². The van der Waals surface area contributed by atoms with Gasteiger partial charge < -0.3 is 14.9 Å². The standard InChI is InChI=1S/C12H10O.C8H10O2/c13-12-9-5-4-8-11(12)10-6-2-1-3-7-10;9-7-10-6-8-4-2-1-3-5-8/h1-9,13H;1-5,9H,6-7H2. The molecule has 0 spiro atoms. The lowest BCUT2D eigenvalue weighted by molar-refractivity contribution is -0.0112. The first kappa shape index (κ1) is 16.7. The molecule has 3 aromatic rings. The van der Waals surface area contributed by atoms with Gasteiger partial charge in [-0.25, -0.2) is 0 Å². The van der Waals surface area contributed by atoms with Crippen molar-refractivity contribution in [1.82, 2.24) is 0 Å². The van der Waals surface area contributed by atoms with Crippen LogP contribution in [0.4, 0.5) is 0 Å². The molecular formula is C20H20O3. The average Bonchev–Trinajstić information content (AvgIpc) is 2.62. The maximum atomic E-state index is 9.56. The first-order chi connectivity index (χ1) is 11.3. The normalized spacial score (nSPS) is 9.78. The summed E-state index contributed by atoms with van der Waals surface area (Å²) in [5.41, 5.74) is 3.00. The summed E-state index contributed by atoms with van der Waals surface area (Å²) in [5, 5.41) is 17.9. The summed E-state index contributed by atoms with van der Waals surface area (Å²) in [6.45, 7) is 0.270. The number of ether oxygens (including phenoxy) is 1. The quantitative estimate of drug-likeness (QED) is 0.710. The van der Waals surface area contributed by atoms with Gasteiger partial charge in [0, 0.05) is 5.56 Å². The molecule has 0 heterocycles. The zero-order valence-electron chi connectivity index (χ0n) is 12.8. The molecule has 2 N–H and O–H groups in total. The lowest BCUT2D eigenvalue weighted by atomic mass is 10.1. The third-order valence-electron chi connectivity index (χ3n) is 3.19. The molecule has 0 fully saturated rings. The highest BCUT2D eigenvalue weighted by molar-refractivity contribution is 5.69. The van der Waals surface area contributed by atoms with E-state index in [0.29, 0.717) is 12.4 Å². The fraction of sp³-hybridized carbons (Fsp3) is 0.100. The van der Waals surface area contributed by atoms with Crippen molar-refractivity contribution >= 4 is 0 Å². The largest absolute Gasteiger partial charge is 0.507 e. The monoisotopic (exact) mass is 308 g/mol. The van der Waals surface area contributed by atoms with Crippen LogP contribution in [0.2, 0.25) is 0 Å². The summed E-state index contributed by atoms with van der Waals surface area (Å²) in [6.07, 6.45) is 0. The Morgan fingerprint density at radius 2 is 1.26 bits per heavy atom. The molecule has 0 aliphatic rings. The van der Waals surface area contributed by atoms with E-state index in [1.165, 1.54) is 0 Å². The van der Waals surface area contributed by atoms with E-state index in [-0.39, 0.29) is 6.79 Å². The fourth-order valence-electron chi connectivity index (χ4n) is 2.07. The van der Waals surface area contributed by atoms with E-state index in [4.69, 9.17) is 9.84 Å². The van der Waals surface area contributed by atoms with Crippen molar-refractivity contribution in [2.75, 3.05) is 6.79 Å². The molecule has 3 heteroatoms. The van der Waals surface area contributed by atoms with Crippen LogP contribution >= 0.6 is 0 Å². The molecule has 3 nitrogen and oxygen atoms in total. The Bertz CT molecular complexity index is 682. The second-order valence-corrected chi connectivity index (χ2v) is 4.85. The van der Waals surface area contributed by atoms with Crippen molar-refractivity contribution in [2.45, 2.75) is 6.61 Å². The molecular weight excluding hydrogens is 288 g/mol. The molecule has 0 aromatic heterocycles. The Balaban J connectivity index is 0.000000174. The fourth-order valence-corrected chi connectivity index (χ4v) is 2.07. The highest BCUT2D eigenvalue weighted by Gasteiger charge is 2.00. The minimum Gasteiger partial charge on any atom is -0.507 e. The van der Waals surface area contributed by atoms with Crippen LogP contribution in [0.1, 0.15) is 5.56 Å². The summed E-state index contributed by atoms with van der Waals surface area (Å²) >= 11 is 0.